The minimum absolute atomic E-state index is 0.0650. The Kier molecular flexibility index (Phi) is 5.75. The fourth-order valence-electron chi connectivity index (χ4n) is 2.99. The van der Waals surface area contributed by atoms with Crippen molar-refractivity contribution in [1.82, 2.24) is 9.88 Å². The van der Waals surface area contributed by atoms with Crippen molar-refractivity contribution in [2.24, 2.45) is 5.92 Å². The molecule has 2 heterocycles. The summed E-state index contributed by atoms with van der Waals surface area (Å²) in [4.78, 5) is 18.7. The highest BCUT2D eigenvalue weighted by atomic mass is 79.9. The summed E-state index contributed by atoms with van der Waals surface area (Å²) < 4.78 is 27.2. The first-order valence-corrected chi connectivity index (χ1v) is 8.89. The molecular formula is C18H18BrF2N3O. The first-order chi connectivity index (χ1) is 12.0. The number of piperidine rings is 1. The summed E-state index contributed by atoms with van der Waals surface area (Å²) in [5.74, 6) is -1.38. The van der Waals surface area contributed by atoms with Crippen molar-refractivity contribution in [3.8, 4) is 0 Å². The summed E-state index contributed by atoms with van der Waals surface area (Å²) >= 11 is 3.31. The summed E-state index contributed by atoms with van der Waals surface area (Å²) in [6, 6.07) is 7.49. The lowest BCUT2D eigenvalue weighted by molar-refractivity contribution is -0.121. The van der Waals surface area contributed by atoms with Gasteiger partial charge in [0.1, 0.15) is 5.82 Å². The van der Waals surface area contributed by atoms with Crippen LogP contribution in [0.1, 0.15) is 18.4 Å². The second kappa shape index (κ2) is 8.01. The van der Waals surface area contributed by atoms with Crippen LogP contribution in [0.3, 0.4) is 0 Å². The molecule has 1 atom stereocenters. The van der Waals surface area contributed by atoms with Gasteiger partial charge in [-0.2, -0.15) is 0 Å². The Morgan fingerprint density at radius 2 is 2.12 bits per heavy atom. The molecule has 132 valence electrons. The average molecular weight is 410 g/mol. The Labute approximate surface area is 153 Å². The molecule has 7 heteroatoms. The molecule has 0 aliphatic carbocycles. The number of hydrogen-bond donors (Lipinski definition) is 1. The van der Waals surface area contributed by atoms with E-state index in [1.807, 2.05) is 6.07 Å². The molecule has 0 spiro atoms. The van der Waals surface area contributed by atoms with Crippen LogP contribution in [0.15, 0.2) is 41.0 Å². The number of halogens is 3. The maximum atomic E-state index is 13.3. The number of nitrogens with one attached hydrogen (secondary N) is 1. The van der Waals surface area contributed by atoms with Crippen LogP contribution in [0, 0.1) is 17.6 Å². The second-order valence-electron chi connectivity index (χ2n) is 6.17. The Morgan fingerprint density at radius 3 is 2.84 bits per heavy atom. The van der Waals surface area contributed by atoms with Gasteiger partial charge in [-0.1, -0.05) is 6.07 Å². The monoisotopic (exact) mass is 409 g/mol. The number of anilines is 1. The maximum absolute atomic E-state index is 13.3. The Bertz CT molecular complexity index is 754. The van der Waals surface area contributed by atoms with Crippen LogP contribution in [0.25, 0.3) is 0 Å². The number of amides is 1. The fraction of sp³-hybridized carbons (Fsp3) is 0.333. The van der Waals surface area contributed by atoms with Crippen molar-refractivity contribution < 1.29 is 13.6 Å². The molecule has 4 nitrogen and oxygen atoms in total. The highest BCUT2D eigenvalue weighted by Crippen LogP contribution is 2.21. The summed E-state index contributed by atoms with van der Waals surface area (Å²) in [6.45, 7) is 1.91. The van der Waals surface area contributed by atoms with E-state index in [0.717, 1.165) is 29.9 Å². The summed E-state index contributed by atoms with van der Waals surface area (Å²) in [6.07, 6.45) is 3.32. The number of rotatable bonds is 4. The smallest absolute Gasteiger partial charge is 0.229 e. The average Bonchev–Trinajstić information content (AvgIpc) is 2.60. The van der Waals surface area contributed by atoms with Gasteiger partial charge in [-0.05, 0) is 65.1 Å². The summed E-state index contributed by atoms with van der Waals surface area (Å²) in [5, 5.41) is 2.83. The molecule has 1 aromatic heterocycles. The molecule has 0 radical (unpaired) electrons. The predicted octanol–water partition coefficient (Wildman–Crippen LogP) is 3.97. The molecule has 1 fully saturated rings. The third-order valence-corrected chi connectivity index (χ3v) is 4.71. The summed E-state index contributed by atoms with van der Waals surface area (Å²) in [7, 11) is 0. The van der Waals surface area contributed by atoms with Crippen molar-refractivity contribution in [3.05, 3.63) is 58.2 Å². The number of aromatic nitrogens is 1. The van der Waals surface area contributed by atoms with Gasteiger partial charge in [-0.3, -0.25) is 9.69 Å². The van der Waals surface area contributed by atoms with Gasteiger partial charge in [0, 0.05) is 23.8 Å². The Morgan fingerprint density at radius 1 is 1.28 bits per heavy atom. The molecule has 1 aromatic carbocycles. The molecule has 1 aliphatic rings. The molecule has 1 saturated heterocycles. The van der Waals surface area contributed by atoms with Gasteiger partial charge in [0.2, 0.25) is 5.91 Å². The van der Waals surface area contributed by atoms with Crippen molar-refractivity contribution >= 4 is 27.7 Å². The van der Waals surface area contributed by atoms with Crippen molar-refractivity contribution in [2.45, 2.75) is 19.4 Å². The minimum Gasteiger partial charge on any atom is -0.310 e. The fourth-order valence-corrected chi connectivity index (χ4v) is 3.22. The molecule has 1 amide bonds. The first kappa shape index (κ1) is 17.9. The normalized spacial score (nSPS) is 18.1. The van der Waals surface area contributed by atoms with E-state index >= 15 is 0 Å². The van der Waals surface area contributed by atoms with Crippen LogP contribution in [-0.4, -0.2) is 28.9 Å². The number of pyridine rings is 1. The van der Waals surface area contributed by atoms with E-state index in [-0.39, 0.29) is 11.8 Å². The lowest BCUT2D eigenvalue weighted by atomic mass is 9.96. The van der Waals surface area contributed by atoms with Crippen LogP contribution in [0.5, 0.6) is 0 Å². The molecular weight excluding hydrogens is 392 g/mol. The molecule has 0 saturated carbocycles. The molecule has 2 aromatic rings. The quantitative estimate of drug-likeness (QED) is 0.830. The number of nitrogens with zero attached hydrogens (tertiary/aromatic N) is 2. The zero-order valence-electron chi connectivity index (χ0n) is 13.5. The predicted molar refractivity (Wildman–Crippen MR) is 94.9 cm³/mol. The van der Waals surface area contributed by atoms with E-state index in [1.165, 1.54) is 6.07 Å². The van der Waals surface area contributed by atoms with Crippen LogP contribution in [0.4, 0.5) is 14.6 Å². The van der Waals surface area contributed by atoms with Gasteiger partial charge >= 0.3 is 0 Å². The van der Waals surface area contributed by atoms with E-state index in [4.69, 9.17) is 0 Å². The number of carbonyl (C=O) groups is 1. The minimum atomic E-state index is -0.846. The van der Waals surface area contributed by atoms with Crippen LogP contribution in [-0.2, 0) is 11.3 Å². The van der Waals surface area contributed by atoms with Crippen LogP contribution in [0.2, 0.25) is 0 Å². The van der Waals surface area contributed by atoms with Gasteiger partial charge in [0.25, 0.3) is 0 Å². The lowest BCUT2D eigenvalue weighted by Crippen LogP contribution is -2.40. The highest BCUT2D eigenvalue weighted by Gasteiger charge is 2.26. The second-order valence-corrected chi connectivity index (χ2v) is 7.09. The van der Waals surface area contributed by atoms with Crippen LogP contribution < -0.4 is 5.32 Å². The number of hydrogen-bond acceptors (Lipinski definition) is 3. The van der Waals surface area contributed by atoms with Gasteiger partial charge in [0.05, 0.1) is 5.92 Å². The number of carbonyl (C=O) groups excluding carboxylic acids is 1. The zero-order chi connectivity index (χ0) is 17.8. The molecule has 25 heavy (non-hydrogen) atoms. The topological polar surface area (TPSA) is 45.2 Å². The Balaban J connectivity index is 1.59. The van der Waals surface area contributed by atoms with Crippen molar-refractivity contribution in [3.63, 3.8) is 0 Å². The van der Waals surface area contributed by atoms with Gasteiger partial charge in [-0.25, -0.2) is 13.8 Å². The molecule has 1 unspecified atom stereocenters. The van der Waals surface area contributed by atoms with Crippen molar-refractivity contribution in [1.29, 1.82) is 0 Å². The van der Waals surface area contributed by atoms with Gasteiger partial charge in [0.15, 0.2) is 11.6 Å². The standard InChI is InChI=1S/C18H18BrF2N3O/c19-14-4-6-17(22-9-14)23-18(25)13-2-1-7-24(11-13)10-12-3-5-15(20)16(21)8-12/h3-6,8-9,13H,1-2,7,10-11H2,(H,22,23,25). The maximum Gasteiger partial charge on any atom is 0.229 e. The molecule has 1 N–H and O–H groups in total. The largest absolute Gasteiger partial charge is 0.310 e. The third kappa shape index (κ3) is 4.83. The van der Waals surface area contributed by atoms with E-state index in [2.05, 4.69) is 31.1 Å². The molecule has 0 bridgehead atoms. The highest BCUT2D eigenvalue weighted by molar-refractivity contribution is 9.10. The van der Waals surface area contributed by atoms with Gasteiger partial charge < -0.3 is 5.32 Å². The van der Waals surface area contributed by atoms with E-state index in [9.17, 15) is 13.6 Å². The first-order valence-electron chi connectivity index (χ1n) is 8.10. The van der Waals surface area contributed by atoms with E-state index in [0.29, 0.717) is 24.5 Å². The SMILES string of the molecule is O=C(Nc1ccc(Br)cn1)C1CCCN(Cc2ccc(F)c(F)c2)C1. The molecule has 3 rings (SSSR count). The van der Waals surface area contributed by atoms with Crippen LogP contribution >= 0.6 is 15.9 Å². The summed E-state index contributed by atoms with van der Waals surface area (Å²) in [5.41, 5.74) is 0.703. The Hall–Kier alpha value is -1.86. The van der Waals surface area contributed by atoms with Gasteiger partial charge in [-0.15, -0.1) is 0 Å². The lowest BCUT2D eigenvalue weighted by Gasteiger charge is -2.32. The van der Waals surface area contributed by atoms with E-state index in [1.54, 1.807) is 18.3 Å². The number of benzene rings is 1. The van der Waals surface area contributed by atoms with Crippen molar-refractivity contribution in [2.75, 3.05) is 18.4 Å². The zero-order valence-corrected chi connectivity index (χ0v) is 15.1. The third-order valence-electron chi connectivity index (χ3n) is 4.25. The van der Waals surface area contributed by atoms with E-state index < -0.39 is 11.6 Å². The molecule has 1 aliphatic heterocycles. The number of likely N-dealkylation sites (tertiary alicyclic amines) is 1.